The van der Waals surface area contributed by atoms with Crippen LogP contribution in [0.15, 0.2) is 57.3 Å². The fraction of sp³-hybridized carbons (Fsp3) is 0.222. The summed E-state index contributed by atoms with van der Waals surface area (Å²) in [6.07, 6.45) is 0. The molecule has 0 amide bonds. The first-order valence-electron chi connectivity index (χ1n) is 7.74. The highest BCUT2D eigenvalue weighted by atomic mass is 32.2. The smallest absolute Gasteiger partial charge is 0.314 e. The van der Waals surface area contributed by atoms with E-state index in [1.807, 2.05) is 69.3 Å². The predicted octanol–water partition coefficient (Wildman–Crippen LogP) is 4.37. The third-order valence-electron chi connectivity index (χ3n) is 3.48. The lowest BCUT2D eigenvalue weighted by Crippen LogP contribution is -2.43. The quantitative estimate of drug-likeness (QED) is 0.778. The Balaban J connectivity index is 1.74. The summed E-state index contributed by atoms with van der Waals surface area (Å²) in [4.78, 5) is 1.80. The molecule has 0 aromatic heterocycles. The van der Waals surface area contributed by atoms with Gasteiger partial charge in [-0.3, -0.25) is 0 Å². The molecule has 0 unspecified atom stereocenters. The molecule has 0 saturated heterocycles. The number of amidine groups is 2. The first-order chi connectivity index (χ1) is 11.7. The lowest BCUT2D eigenvalue weighted by molar-refractivity contribution is 0.387. The number of hydrogen-bond donors (Lipinski definition) is 0. The van der Waals surface area contributed by atoms with Gasteiger partial charge in [0.25, 0.3) is 0 Å². The second-order valence-corrected chi connectivity index (χ2v) is 5.93. The number of ether oxygens (including phenoxy) is 2. The maximum atomic E-state index is 5.90. The zero-order valence-corrected chi connectivity index (χ0v) is 14.7. The van der Waals surface area contributed by atoms with Crippen molar-refractivity contribution in [1.29, 1.82) is 0 Å². The molecule has 5 nitrogen and oxygen atoms in total. The summed E-state index contributed by atoms with van der Waals surface area (Å²) in [7, 11) is 0. The van der Waals surface area contributed by atoms with Crippen LogP contribution in [0.2, 0.25) is 0 Å². The van der Waals surface area contributed by atoms with E-state index in [1.165, 1.54) is 11.1 Å². The van der Waals surface area contributed by atoms with E-state index in [4.69, 9.17) is 9.47 Å². The topological polar surface area (TPSA) is 46.4 Å². The van der Waals surface area contributed by atoms with Crippen molar-refractivity contribution in [2.75, 3.05) is 6.54 Å². The van der Waals surface area contributed by atoms with Gasteiger partial charge in [-0.1, -0.05) is 35.4 Å². The fourth-order valence-electron chi connectivity index (χ4n) is 2.11. The fourth-order valence-corrected chi connectivity index (χ4v) is 2.56. The van der Waals surface area contributed by atoms with Gasteiger partial charge >= 0.3 is 12.0 Å². The molecule has 0 spiro atoms. The Bertz CT molecular complexity index is 691. The van der Waals surface area contributed by atoms with E-state index in [-0.39, 0.29) is 0 Å². The average Bonchev–Trinajstić information content (AvgIpc) is 2.59. The molecule has 1 heterocycles. The van der Waals surface area contributed by atoms with Crippen molar-refractivity contribution in [3.63, 3.8) is 0 Å². The van der Waals surface area contributed by atoms with E-state index < -0.39 is 0 Å². The summed E-state index contributed by atoms with van der Waals surface area (Å²) >= 11 is 1.06. The zero-order chi connectivity index (χ0) is 16.9. The molecule has 124 valence electrons. The molecule has 0 aliphatic carbocycles. The average molecular weight is 341 g/mol. The number of hydrogen-bond acceptors (Lipinski definition) is 6. The molecule has 6 heteroatoms. The molecule has 0 N–H and O–H groups in total. The molecule has 0 fully saturated rings. The van der Waals surface area contributed by atoms with E-state index in [0.717, 1.165) is 23.6 Å². The highest BCUT2D eigenvalue weighted by Gasteiger charge is 2.24. The largest absolute Gasteiger partial charge is 0.425 e. The predicted molar refractivity (Wildman–Crippen MR) is 98.5 cm³/mol. The van der Waals surface area contributed by atoms with Crippen LogP contribution in [0.25, 0.3) is 0 Å². The van der Waals surface area contributed by atoms with Gasteiger partial charge in [0.05, 0.1) is 0 Å². The summed E-state index contributed by atoms with van der Waals surface area (Å²) in [5.74, 6) is 1.46. The lowest BCUT2D eigenvalue weighted by atomic mass is 10.2. The summed E-state index contributed by atoms with van der Waals surface area (Å²) in [5.41, 5.74) is 2.36. The van der Waals surface area contributed by atoms with E-state index in [2.05, 4.69) is 8.80 Å². The van der Waals surface area contributed by atoms with Gasteiger partial charge in [-0.05, 0) is 45.0 Å². The lowest BCUT2D eigenvalue weighted by Gasteiger charge is -2.26. The van der Waals surface area contributed by atoms with Crippen LogP contribution in [0.3, 0.4) is 0 Å². The summed E-state index contributed by atoms with van der Waals surface area (Å²) < 4.78 is 20.3. The van der Waals surface area contributed by atoms with Gasteiger partial charge in [0, 0.05) is 6.54 Å². The number of rotatable bonds is 3. The maximum absolute atomic E-state index is 5.90. The Morgan fingerprint density at radius 3 is 1.58 bits per heavy atom. The van der Waals surface area contributed by atoms with Crippen LogP contribution < -0.4 is 9.47 Å². The maximum Gasteiger partial charge on any atom is 0.314 e. The highest BCUT2D eigenvalue weighted by Crippen LogP contribution is 2.21. The van der Waals surface area contributed by atoms with E-state index in [9.17, 15) is 0 Å². The van der Waals surface area contributed by atoms with Crippen molar-refractivity contribution in [3.05, 3.63) is 59.7 Å². The summed E-state index contributed by atoms with van der Waals surface area (Å²) in [6.45, 7) is 6.71. The van der Waals surface area contributed by atoms with E-state index in [1.54, 1.807) is 4.90 Å². The first-order valence-corrected chi connectivity index (χ1v) is 8.47. The molecule has 3 rings (SSSR count). The van der Waals surface area contributed by atoms with Gasteiger partial charge in [0.15, 0.2) is 0 Å². The van der Waals surface area contributed by atoms with Gasteiger partial charge in [0.1, 0.15) is 23.6 Å². The molecule has 0 saturated carbocycles. The Kier molecular flexibility index (Phi) is 5.05. The van der Waals surface area contributed by atoms with Crippen molar-refractivity contribution >= 4 is 24.2 Å². The minimum absolute atomic E-state index is 0.462. The SMILES string of the molecule is CCN1C(Oc2ccc(C)cc2)=NSN=C1Oc1ccc(C)cc1. The Morgan fingerprint density at radius 2 is 1.21 bits per heavy atom. The van der Waals surface area contributed by atoms with Crippen LogP contribution in [-0.2, 0) is 0 Å². The number of nitrogens with zero attached hydrogens (tertiary/aromatic N) is 3. The zero-order valence-electron chi connectivity index (χ0n) is 13.9. The number of aryl methyl sites for hydroxylation is 2. The molecule has 0 radical (unpaired) electrons. The van der Waals surface area contributed by atoms with Crippen LogP contribution in [-0.4, -0.2) is 23.5 Å². The Morgan fingerprint density at radius 1 is 0.792 bits per heavy atom. The van der Waals surface area contributed by atoms with Crippen molar-refractivity contribution in [1.82, 2.24) is 4.90 Å². The standard InChI is InChI=1S/C18H19N3O2S/c1-4-21-17(22-15-9-5-13(2)6-10-15)19-24-20-18(21)23-16-11-7-14(3)8-12-16/h5-12H,4H2,1-3H3. The van der Waals surface area contributed by atoms with Crippen molar-refractivity contribution < 1.29 is 9.47 Å². The Hall–Kier alpha value is -2.47. The molecular formula is C18H19N3O2S. The minimum Gasteiger partial charge on any atom is -0.425 e. The monoisotopic (exact) mass is 341 g/mol. The summed E-state index contributed by atoms with van der Waals surface area (Å²) in [6, 6.07) is 16.6. The molecule has 0 bridgehead atoms. The molecule has 24 heavy (non-hydrogen) atoms. The van der Waals surface area contributed by atoms with Gasteiger partial charge in [-0.25, -0.2) is 4.90 Å². The van der Waals surface area contributed by atoms with Crippen LogP contribution in [0.4, 0.5) is 0 Å². The Labute approximate surface area is 146 Å². The summed E-state index contributed by atoms with van der Waals surface area (Å²) in [5, 5.41) is 0. The second-order valence-electron chi connectivity index (χ2n) is 5.40. The van der Waals surface area contributed by atoms with Gasteiger partial charge < -0.3 is 9.47 Å². The molecule has 0 atom stereocenters. The molecule has 1 aliphatic rings. The third-order valence-corrected chi connectivity index (χ3v) is 3.95. The van der Waals surface area contributed by atoms with E-state index >= 15 is 0 Å². The van der Waals surface area contributed by atoms with Crippen molar-refractivity contribution in [2.24, 2.45) is 8.80 Å². The first kappa shape index (κ1) is 16.4. The molecular weight excluding hydrogens is 322 g/mol. The van der Waals surface area contributed by atoms with Crippen LogP contribution in [0, 0.1) is 13.8 Å². The number of benzene rings is 2. The van der Waals surface area contributed by atoms with Crippen LogP contribution >= 0.6 is 12.1 Å². The normalized spacial score (nSPS) is 14.0. The molecule has 1 aliphatic heterocycles. The van der Waals surface area contributed by atoms with Gasteiger partial charge in [-0.2, -0.15) is 0 Å². The molecule has 2 aromatic rings. The van der Waals surface area contributed by atoms with E-state index in [0.29, 0.717) is 18.6 Å². The third kappa shape index (κ3) is 3.89. The van der Waals surface area contributed by atoms with Crippen LogP contribution in [0.1, 0.15) is 18.1 Å². The minimum atomic E-state index is 0.462. The molecule has 2 aromatic carbocycles. The van der Waals surface area contributed by atoms with Gasteiger partial charge in [0.2, 0.25) is 0 Å². The van der Waals surface area contributed by atoms with Gasteiger partial charge in [-0.15, -0.1) is 8.80 Å². The second kappa shape index (κ2) is 7.40. The van der Waals surface area contributed by atoms with Crippen molar-refractivity contribution in [3.8, 4) is 11.5 Å². The van der Waals surface area contributed by atoms with Crippen molar-refractivity contribution in [2.45, 2.75) is 20.8 Å². The highest BCUT2D eigenvalue weighted by molar-refractivity contribution is 7.97. The van der Waals surface area contributed by atoms with Crippen LogP contribution in [0.5, 0.6) is 11.5 Å².